The number of likely N-dealkylation sites (tertiary alicyclic amines) is 1. The summed E-state index contributed by atoms with van der Waals surface area (Å²) in [5.74, 6) is 0.520. The van der Waals surface area contributed by atoms with E-state index in [4.69, 9.17) is 4.74 Å². The molecule has 0 aliphatic carbocycles. The van der Waals surface area contributed by atoms with Gasteiger partial charge in [-0.3, -0.25) is 9.59 Å². The predicted octanol–water partition coefficient (Wildman–Crippen LogP) is -0.0549. The maximum absolute atomic E-state index is 12.6. The van der Waals surface area contributed by atoms with Crippen molar-refractivity contribution in [1.82, 2.24) is 19.8 Å². The zero-order chi connectivity index (χ0) is 15.5. The Hall–Kier alpha value is -1.89. The number of aromatic nitrogens is 2. The lowest BCUT2D eigenvalue weighted by atomic mass is 9.95. The number of hydrogen-bond donors (Lipinski definition) is 1. The molecule has 1 atom stereocenters. The van der Waals surface area contributed by atoms with Gasteiger partial charge >= 0.3 is 0 Å². The average molecular weight is 294 g/mol. The Morgan fingerprint density at radius 3 is 2.86 bits per heavy atom. The number of carbonyl (C=O) groups is 2. The molecule has 7 heteroatoms. The minimum absolute atomic E-state index is 0.0887. The van der Waals surface area contributed by atoms with Crippen LogP contribution in [0.25, 0.3) is 0 Å². The van der Waals surface area contributed by atoms with Crippen molar-refractivity contribution in [3.63, 3.8) is 0 Å². The van der Waals surface area contributed by atoms with E-state index in [2.05, 4.69) is 10.3 Å². The number of likely N-dealkylation sites (N-methyl/N-ethyl adjacent to an activating group) is 1. The van der Waals surface area contributed by atoms with E-state index < -0.39 is 5.54 Å². The number of methoxy groups -OCH3 is 1. The van der Waals surface area contributed by atoms with E-state index in [0.29, 0.717) is 13.0 Å². The number of carbonyl (C=O) groups excluding carboxylic acids is 2. The van der Waals surface area contributed by atoms with Gasteiger partial charge in [-0.1, -0.05) is 0 Å². The topological polar surface area (TPSA) is 76.5 Å². The molecular formula is C14H22N4O3. The molecular weight excluding hydrogens is 272 g/mol. The van der Waals surface area contributed by atoms with E-state index in [0.717, 1.165) is 12.2 Å². The quantitative estimate of drug-likeness (QED) is 0.826. The van der Waals surface area contributed by atoms with Crippen molar-refractivity contribution >= 4 is 11.8 Å². The van der Waals surface area contributed by atoms with E-state index >= 15 is 0 Å². The second-order valence-electron chi connectivity index (χ2n) is 5.30. The van der Waals surface area contributed by atoms with Crippen LogP contribution in [-0.2, 0) is 20.9 Å². The number of ether oxygens (including phenoxy) is 1. The van der Waals surface area contributed by atoms with Gasteiger partial charge in [-0.05, 0) is 19.8 Å². The first kappa shape index (κ1) is 15.5. The molecule has 0 radical (unpaired) electrons. The summed E-state index contributed by atoms with van der Waals surface area (Å²) in [6.07, 6.45) is 4.84. The fourth-order valence-corrected chi connectivity index (χ4v) is 2.97. The van der Waals surface area contributed by atoms with Crippen LogP contribution in [0.4, 0.5) is 0 Å². The molecule has 21 heavy (non-hydrogen) atoms. The van der Waals surface area contributed by atoms with Crippen LogP contribution in [0.15, 0.2) is 12.4 Å². The molecule has 2 rings (SSSR count). The summed E-state index contributed by atoms with van der Waals surface area (Å²) < 4.78 is 7.00. The molecule has 1 saturated heterocycles. The highest BCUT2D eigenvalue weighted by atomic mass is 16.5. The Morgan fingerprint density at radius 1 is 1.52 bits per heavy atom. The number of hydrogen-bond acceptors (Lipinski definition) is 4. The zero-order valence-electron chi connectivity index (χ0n) is 12.8. The second-order valence-corrected chi connectivity index (χ2v) is 5.30. The van der Waals surface area contributed by atoms with Gasteiger partial charge in [-0.2, -0.15) is 0 Å². The van der Waals surface area contributed by atoms with Gasteiger partial charge in [0.2, 0.25) is 11.8 Å². The summed E-state index contributed by atoms with van der Waals surface area (Å²) in [6, 6.07) is 0. The van der Waals surface area contributed by atoms with Crippen LogP contribution in [0.3, 0.4) is 0 Å². The summed E-state index contributed by atoms with van der Waals surface area (Å²) in [4.78, 5) is 30.7. The summed E-state index contributed by atoms with van der Waals surface area (Å²) in [5, 5.41) is 2.66. The highest BCUT2D eigenvalue weighted by molar-refractivity contribution is 5.92. The van der Waals surface area contributed by atoms with Crippen LogP contribution in [0, 0.1) is 6.92 Å². The van der Waals surface area contributed by atoms with Crippen LogP contribution in [0.5, 0.6) is 0 Å². The van der Waals surface area contributed by atoms with Crippen LogP contribution in [0.1, 0.15) is 18.7 Å². The first-order valence-corrected chi connectivity index (χ1v) is 7.04. The third kappa shape index (κ3) is 2.78. The summed E-state index contributed by atoms with van der Waals surface area (Å²) in [5.41, 5.74) is -0.894. The molecule has 1 aliphatic heterocycles. The number of nitrogens with one attached hydrogen (secondary N) is 1. The van der Waals surface area contributed by atoms with Gasteiger partial charge in [0, 0.05) is 33.1 Å². The molecule has 7 nitrogen and oxygen atoms in total. The fraction of sp³-hybridized carbons (Fsp3) is 0.643. The highest BCUT2D eigenvalue weighted by Gasteiger charge is 2.49. The Bertz CT molecular complexity index is 528. The molecule has 116 valence electrons. The smallest absolute Gasteiger partial charge is 0.248 e. The second kappa shape index (κ2) is 6.26. The van der Waals surface area contributed by atoms with Crippen LogP contribution < -0.4 is 5.32 Å². The van der Waals surface area contributed by atoms with Gasteiger partial charge < -0.3 is 19.5 Å². The number of rotatable bonds is 5. The Labute approximate surface area is 124 Å². The summed E-state index contributed by atoms with van der Waals surface area (Å²) >= 11 is 0. The lowest BCUT2D eigenvalue weighted by Crippen LogP contribution is -2.60. The third-order valence-corrected chi connectivity index (χ3v) is 4.05. The molecule has 0 saturated carbocycles. The first-order chi connectivity index (χ1) is 10.0. The van der Waals surface area contributed by atoms with E-state index in [-0.39, 0.29) is 25.0 Å². The summed E-state index contributed by atoms with van der Waals surface area (Å²) in [7, 11) is 3.13. The number of nitrogens with zero attached hydrogens (tertiary/aromatic N) is 3. The van der Waals surface area contributed by atoms with Crippen molar-refractivity contribution in [2.45, 2.75) is 31.8 Å². The minimum Gasteiger partial charge on any atom is -0.382 e. The minimum atomic E-state index is -0.894. The van der Waals surface area contributed by atoms with E-state index in [1.807, 2.05) is 6.92 Å². The molecule has 1 N–H and O–H groups in total. The lowest BCUT2D eigenvalue weighted by molar-refractivity contribution is -0.148. The molecule has 0 bridgehead atoms. The van der Waals surface area contributed by atoms with E-state index in [1.54, 1.807) is 36.0 Å². The predicted molar refractivity (Wildman–Crippen MR) is 76.6 cm³/mol. The standard InChI is InChI=1S/C14H22N4O3/c1-11-16-6-8-17(11)9-12(19)18-7-4-5-14(18,10-21-3)13(20)15-2/h6,8H,4-5,7,9-10H2,1-3H3,(H,15,20). The van der Waals surface area contributed by atoms with Crippen molar-refractivity contribution in [2.75, 3.05) is 27.3 Å². The highest BCUT2D eigenvalue weighted by Crippen LogP contribution is 2.30. The van der Waals surface area contributed by atoms with Gasteiger partial charge in [-0.25, -0.2) is 4.98 Å². The Kier molecular flexibility index (Phi) is 4.62. The molecule has 1 aliphatic rings. The third-order valence-electron chi connectivity index (χ3n) is 4.05. The molecule has 2 amide bonds. The van der Waals surface area contributed by atoms with Crippen LogP contribution in [0.2, 0.25) is 0 Å². The van der Waals surface area contributed by atoms with Crippen LogP contribution >= 0.6 is 0 Å². The maximum Gasteiger partial charge on any atom is 0.248 e. The normalized spacial score (nSPS) is 21.6. The number of amides is 2. The van der Waals surface area contributed by atoms with Crippen molar-refractivity contribution in [2.24, 2.45) is 0 Å². The van der Waals surface area contributed by atoms with Crippen molar-refractivity contribution < 1.29 is 14.3 Å². The largest absolute Gasteiger partial charge is 0.382 e. The van der Waals surface area contributed by atoms with Crippen LogP contribution in [-0.4, -0.2) is 59.1 Å². The molecule has 1 fully saturated rings. The molecule has 1 aromatic heterocycles. The zero-order valence-corrected chi connectivity index (χ0v) is 12.8. The van der Waals surface area contributed by atoms with Gasteiger partial charge in [0.1, 0.15) is 17.9 Å². The Morgan fingerprint density at radius 2 is 2.29 bits per heavy atom. The number of aryl methyl sites for hydroxylation is 1. The van der Waals surface area contributed by atoms with Crippen molar-refractivity contribution in [3.05, 3.63) is 18.2 Å². The van der Waals surface area contributed by atoms with Gasteiger partial charge in [0.25, 0.3) is 0 Å². The monoisotopic (exact) mass is 294 g/mol. The fourth-order valence-electron chi connectivity index (χ4n) is 2.97. The molecule has 1 aromatic rings. The molecule has 0 spiro atoms. The SMILES string of the molecule is CNC(=O)C1(COC)CCCN1C(=O)Cn1ccnc1C. The maximum atomic E-state index is 12.6. The van der Waals surface area contributed by atoms with Crippen molar-refractivity contribution in [3.8, 4) is 0 Å². The number of imidazole rings is 1. The first-order valence-electron chi connectivity index (χ1n) is 7.04. The molecule has 1 unspecified atom stereocenters. The summed E-state index contributed by atoms with van der Waals surface area (Å²) in [6.45, 7) is 2.82. The Balaban J connectivity index is 2.21. The van der Waals surface area contributed by atoms with Gasteiger partial charge in [-0.15, -0.1) is 0 Å². The van der Waals surface area contributed by atoms with Gasteiger partial charge in [0.05, 0.1) is 6.61 Å². The van der Waals surface area contributed by atoms with E-state index in [9.17, 15) is 9.59 Å². The molecule has 2 heterocycles. The lowest BCUT2D eigenvalue weighted by Gasteiger charge is -2.36. The average Bonchev–Trinajstić information content (AvgIpc) is 3.06. The molecule has 0 aromatic carbocycles. The van der Waals surface area contributed by atoms with Crippen molar-refractivity contribution in [1.29, 1.82) is 0 Å². The van der Waals surface area contributed by atoms with Gasteiger partial charge in [0.15, 0.2) is 0 Å². The van der Waals surface area contributed by atoms with E-state index in [1.165, 1.54) is 0 Å².